The summed E-state index contributed by atoms with van der Waals surface area (Å²) in [6, 6.07) is 0.776. The van der Waals surface area contributed by atoms with Gasteiger partial charge in [0.05, 0.1) is 18.4 Å². The molecule has 0 bridgehead atoms. The minimum Gasteiger partial charge on any atom is -0.496 e. The monoisotopic (exact) mass is 471 g/mol. The third-order valence-corrected chi connectivity index (χ3v) is 7.85. The highest BCUT2D eigenvalue weighted by Crippen LogP contribution is 2.32. The van der Waals surface area contributed by atoms with Crippen molar-refractivity contribution in [3.8, 4) is 0 Å². The lowest BCUT2D eigenvalue weighted by Crippen LogP contribution is -2.36. The second-order valence-corrected chi connectivity index (χ2v) is 9.78. The van der Waals surface area contributed by atoms with Crippen LogP contribution in [-0.4, -0.2) is 60.0 Å². The molecule has 1 saturated heterocycles. The summed E-state index contributed by atoms with van der Waals surface area (Å²) in [4.78, 5) is 23.7. The fourth-order valence-electron chi connectivity index (χ4n) is 4.98. The van der Waals surface area contributed by atoms with Crippen molar-refractivity contribution in [2.24, 2.45) is 0 Å². The Balaban J connectivity index is 0.00000149. The number of ether oxygens (including phenoxy) is 1. The lowest BCUT2D eigenvalue weighted by molar-refractivity contribution is 0.0755. The van der Waals surface area contributed by atoms with E-state index < -0.39 is 0 Å². The molecule has 4 rings (SSSR count). The maximum Gasteiger partial charge on any atom is 0.265 e. The topological polar surface area (TPSA) is 45.7 Å². The van der Waals surface area contributed by atoms with Crippen molar-refractivity contribution in [2.45, 2.75) is 78.2 Å². The predicted octanol–water partition coefficient (Wildman–Crippen LogP) is 6.22. The Morgan fingerprint density at radius 1 is 1.06 bits per heavy atom. The molecule has 2 heterocycles. The molecule has 3 aliphatic rings. The maximum absolute atomic E-state index is 13.5. The van der Waals surface area contributed by atoms with Gasteiger partial charge in [0.25, 0.3) is 5.91 Å². The normalized spacial score (nSPS) is 20.5. The third kappa shape index (κ3) is 6.57. The Labute approximate surface area is 204 Å². The smallest absolute Gasteiger partial charge is 0.265 e. The van der Waals surface area contributed by atoms with E-state index in [0.29, 0.717) is 0 Å². The summed E-state index contributed by atoms with van der Waals surface area (Å²) in [7, 11) is 1.69. The zero-order valence-corrected chi connectivity index (χ0v) is 21.8. The van der Waals surface area contributed by atoms with Crippen molar-refractivity contribution in [3.05, 3.63) is 45.6 Å². The molecule has 0 N–H and O–H groups in total. The van der Waals surface area contributed by atoms with Crippen LogP contribution in [-0.2, 0) is 4.74 Å². The molecular weight excluding hydrogens is 430 g/mol. The number of thiazole rings is 1. The maximum atomic E-state index is 13.5. The first-order chi connectivity index (χ1) is 16.2. The molecular formula is C27H41N3O2S. The van der Waals surface area contributed by atoms with Gasteiger partial charge in [-0.1, -0.05) is 38.8 Å². The SMILES string of the molecule is CC.COC1=CCC=CC=C1c1nc(C)c(C(=O)N2CCCCN(C3CCCC3)CCC2)s1. The Kier molecular flexibility index (Phi) is 10.2. The minimum absolute atomic E-state index is 0.142. The summed E-state index contributed by atoms with van der Waals surface area (Å²) in [6.45, 7) is 9.93. The van der Waals surface area contributed by atoms with E-state index in [1.807, 2.05) is 32.9 Å². The molecule has 0 unspecified atom stereocenters. The summed E-state index contributed by atoms with van der Waals surface area (Å²) in [5.41, 5.74) is 1.78. The quantitative estimate of drug-likeness (QED) is 0.523. The van der Waals surface area contributed by atoms with Gasteiger partial charge in [-0.15, -0.1) is 11.3 Å². The van der Waals surface area contributed by atoms with Gasteiger partial charge < -0.3 is 14.5 Å². The van der Waals surface area contributed by atoms with E-state index in [-0.39, 0.29) is 5.91 Å². The summed E-state index contributed by atoms with van der Waals surface area (Å²) < 4.78 is 5.58. The van der Waals surface area contributed by atoms with Crippen molar-refractivity contribution in [3.63, 3.8) is 0 Å². The fraction of sp³-hybridized carbons (Fsp3) is 0.630. The zero-order valence-electron chi connectivity index (χ0n) is 20.9. The van der Waals surface area contributed by atoms with Crippen LogP contribution in [0, 0.1) is 6.92 Å². The molecule has 1 amide bonds. The number of nitrogens with zero attached hydrogens (tertiary/aromatic N) is 3. The Morgan fingerprint density at radius 3 is 2.52 bits per heavy atom. The average Bonchev–Trinajstić information content (AvgIpc) is 3.46. The van der Waals surface area contributed by atoms with Crippen molar-refractivity contribution in [1.29, 1.82) is 0 Å². The van der Waals surface area contributed by atoms with Gasteiger partial charge in [-0.3, -0.25) is 4.79 Å². The Bertz CT molecular complexity index is 865. The van der Waals surface area contributed by atoms with Crippen LogP contribution < -0.4 is 0 Å². The van der Waals surface area contributed by atoms with E-state index in [4.69, 9.17) is 9.72 Å². The second-order valence-electron chi connectivity index (χ2n) is 8.78. The first-order valence-electron chi connectivity index (χ1n) is 12.8. The Morgan fingerprint density at radius 2 is 1.76 bits per heavy atom. The largest absolute Gasteiger partial charge is 0.496 e. The zero-order chi connectivity index (χ0) is 23.6. The number of rotatable bonds is 4. The first kappa shape index (κ1) is 25.7. The predicted molar refractivity (Wildman–Crippen MR) is 139 cm³/mol. The van der Waals surface area contributed by atoms with Crippen molar-refractivity contribution in [1.82, 2.24) is 14.8 Å². The van der Waals surface area contributed by atoms with E-state index in [1.165, 1.54) is 50.0 Å². The molecule has 6 heteroatoms. The molecule has 5 nitrogen and oxygen atoms in total. The molecule has 33 heavy (non-hydrogen) atoms. The molecule has 1 aromatic heterocycles. The molecule has 0 atom stereocenters. The fourth-order valence-corrected chi connectivity index (χ4v) is 6.04. The highest BCUT2D eigenvalue weighted by atomic mass is 32.1. The Hall–Kier alpha value is -1.92. The number of aromatic nitrogens is 1. The van der Waals surface area contributed by atoms with Crippen LogP contribution >= 0.6 is 11.3 Å². The van der Waals surface area contributed by atoms with Gasteiger partial charge in [0, 0.05) is 25.7 Å². The lowest BCUT2D eigenvalue weighted by Gasteiger charge is -2.28. The minimum atomic E-state index is 0.142. The molecule has 0 spiro atoms. The van der Waals surface area contributed by atoms with Gasteiger partial charge in [0.2, 0.25) is 0 Å². The van der Waals surface area contributed by atoms with E-state index in [1.54, 1.807) is 7.11 Å². The van der Waals surface area contributed by atoms with Gasteiger partial charge in [-0.2, -0.15) is 0 Å². The molecule has 2 fully saturated rings. The molecule has 1 aromatic rings. The molecule has 1 saturated carbocycles. The van der Waals surface area contributed by atoms with Gasteiger partial charge >= 0.3 is 0 Å². The number of methoxy groups -OCH3 is 1. The van der Waals surface area contributed by atoms with Crippen LogP contribution in [0.1, 0.15) is 85.6 Å². The highest BCUT2D eigenvalue weighted by molar-refractivity contribution is 7.15. The van der Waals surface area contributed by atoms with Crippen LogP contribution in [0.5, 0.6) is 0 Å². The van der Waals surface area contributed by atoms with Crippen LogP contribution in [0.25, 0.3) is 5.57 Å². The van der Waals surface area contributed by atoms with Gasteiger partial charge in [0.1, 0.15) is 15.6 Å². The number of amides is 1. The summed E-state index contributed by atoms with van der Waals surface area (Å²) in [5.74, 6) is 0.968. The van der Waals surface area contributed by atoms with Crippen LogP contribution in [0.15, 0.2) is 30.1 Å². The second kappa shape index (κ2) is 13.1. The van der Waals surface area contributed by atoms with Crippen molar-refractivity contribution >= 4 is 22.8 Å². The van der Waals surface area contributed by atoms with Gasteiger partial charge in [0.15, 0.2) is 0 Å². The first-order valence-corrected chi connectivity index (χ1v) is 13.6. The molecule has 1 aliphatic heterocycles. The van der Waals surface area contributed by atoms with Gasteiger partial charge in [-0.25, -0.2) is 4.98 Å². The number of aryl methyl sites for hydroxylation is 1. The van der Waals surface area contributed by atoms with Crippen molar-refractivity contribution < 1.29 is 9.53 Å². The summed E-state index contributed by atoms with van der Waals surface area (Å²) in [6.07, 6.45) is 17.8. The number of carbonyl (C=O) groups excluding carboxylic acids is 1. The molecule has 0 aromatic carbocycles. The molecule has 0 radical (unpaired) electrons. The lowest BCUT2D eigenvalue weighted by atomic mass is 10.2. The summed E-state index contributed by atoms with van der Waals surface area (Å²) >= 11 is 1.50. The van der Waals surface area contributed by atoms with Crippen LogP contribution in [0.3, 0.4) is 0 Å². The van der Waals surface area contributed by atoms with E-state index in [9.17, 15) is 4.79 Å². The van der Waals surface area contributed by atoms with Crippen molar-refractivity contribution in [2.75, 3.05) is 33.3 Å². The number of hydrogen-bond acceptors (Lipinski definition) is 5. The van der Waals surface area contributed by atoms with E-state index in [0.717, 1.165) is 71.8 Å². The summed E-state index contributed by atoms with van der Waals surface area (Å²) in [5, 5.41) is 0.858. The average molecular weight is 472 g/mol. The van der Waals surface area contributed by atoms with Crippen LogP contribution in [0.2, 0.25) is 0 Å². The highest BCUT2D eigenvalue weighted by Gasteiger charge is 2.26. The molecule has 2 aliphatic carbocycles. The number of allylic oxidation sites excluding steroid dienone is 5. The van der Waals surface area contributed by atoms with E-state index in [2.05, 4.69) is 22.0 Å². The van der Waals surface area contributed by atoms with E-state index >= 15 is 0 Å². The number of hydrogen-bond donors (Lipinski definition) is 0. The standard InChI is InChI=1S/C25H35N3O2S.C2H6/c1-19-23(31-24(26-19)21-13-4-3-5-14-22(21)30-2)25(29)28-16-9-8-15-27(17-10-18-28)20-11-6-7-12-20;1-2/h3-4,13-14,20H,5-12,15-18H2,1-2H3;1-2H3. The van der Waals surface area contributed by atoms with Gasteiger partial charge in [-0.05, 0) is 64.1 Å². The number of carbonyl (C=O) groups is 1. The molecule has 182 valence electrons. The van der Waals surface area contributed by atoms with Crippen LogP contribution in [0.4, 0.5) is 0 Å². The third-order valence-electron chi connectivity index (χ3n) is 6.67.